The molecule has 0 bridgehead atoms. The fraction of sp³-hybridized carbons (Fsp3) is 0.562. The number of amides is 2. The molecule has 0 aliphatic carbocycles. The highest BCUT2D eigenvalue weighted by molar-refractivity contribution is 9.10. The first kappa shape index (κ1) is 17.7. The molecule has 1 aliphatic rings. The number of nitrogens with zero attached hydrogens (tertiary/aromatic N) is 3. The number of hydrogen-bond donors (Lipinski definition) is 0. The third-order valence-corrected chi connectivity index (χ3v) is 4.40. The third-order valence-electron chi connectivity index (χ3n) is 3.60. The lowest BCUT2D eigenvalue weighted by molar-refractivity contribution is 0.0140. The molecule has 1 aromatic heterocycles. The Bertz CT molecular complexity index is 605. The topological polar surface area (TPSA) is 62.7 Å². The summed E-state index contributed by atoms with van der Waals surface area (Å²) in [6.07, 6.45) is 2.93. The fourth-order valence-electron chi connectivity index (χ4n) is 2.30. The number of carbonyl (C=O) groups excluding carboxylic acids is 2. The van der Waals surface area contributed by atoms with Gasteiger partial charge in [0, 0.05) is 43.0 Å². The van der Waals surface area contributed by atoms with E-state index < -0.39 is 5.60 Å². The molecule has 1 aliphatic heterocycles. The van der Waals surface area contributed by atoms with Gasteiger partial charge in [0.05, 0.1) is 5.56 Å². The van der Waals surface area contributed by atoms with E-state index >= 15 is 0 Å². The Morgan fingerprint density at radius 1 is 1.13 bits per heavy atom. The first-order valence-corrected chi connectivity index (χ1v) is 8.35. The van der Waals surface area contributed by atoms with Crippen LogP contribution in [0.3, 0.4) is 0 Å². The van der Waals surface area contributed by atoms with Gasteiger partial charge in [-0.25, -0.2) is 4.79 Å². The lowest BCUT2D eigenvalue weighted by Gasteiger charge is -2.35. The normalized spacial score (nSPS) is 15.5. The van der Waals surface area contributed by atoms with E-state index in [2.05, 4.69) is 20.9 Å². The highest BCUT2D eigenvalue weighted by Gasteiger charge is 2.28. The van der Waals surface area contributed by atoms with E-state index in [9.17, 15) is 9.59 Å². The number of rotatable bonds is 1. The molecule has 0 N–H and O–H groups in total. The van der Waals surface area contributed by atoms with Gasteiger partial charge < -0.3 is 14.5 Å². The molecule has 1 saturated heterocycles. The number of piperazine rings is 1. The lowest BCUT2D eigenvalue weighted by atomic mass is 10.1. The van der Waals surface area contributed by atoms with Crippen LogP contribution in [0.1, 0.15) is 36.7 Å². The zero-order valence-corrected chi connectivity index (χ0v) is 15.5. The first-order valence-electron chi connectivity index (χ1n) is 7.56. The van der Waals surface area contributed by atoms with E-state index in [1.807, 2.05) is 27.7 Å². The largest absolute Gasteiger partial charge is 0.444 e. The number of halogens is 1. The predicted octanol–water partition coefficient (Wildman–Crippen LogP) is 2.85. The molecular weight excluding hydrogens is 362 g/mol. The molecular formula is C16H22BrN3O3. The summed E-state index contributed by atoms with van der Waals surface area (Å²) in [4.78, 5) is 32.1. The maximum Gasteiger partial charge on any atom is 0.410 e. The molecule has 0 spiro atoms. The van der Waals surface area contributed by atoms with Crippen LogP contribution in [0, 0.1) is 6.92 Å². The smallest absolute Gasteiger partial charge is 0.410 e. The van der Waals surface area contributed by atoms with E-state index in [1.54, 1.807) is 22.2 Å². The number of ether oxygens (including phenoxy) is 1. The molecule has 0 atom stereocenters. The summed E-state index contributed by atoms with van der Waals surface area (Å²) >= 11 is 3.39. The van der Waals surface area contributed by atoms with Crippen molar-refractivity contribution in [3.05, 3.63) is 28.0 Å². The minimum absolute atomic E-state index is 0.0554. The van der Waals surface area contributed by atoms with Gasteiger partial charge in [-0.15, -0.1) is 0 Å². The summed E-state index contributed by atoms with van der Waals surface area (Å²) in [5, 5.41) is 0. The average molecular weight is 384 g/mol. The molecule has 1 fully saturated rings. The lowest BCUT2D eigenvalue weighted by Crippen LogP contribution is -2.51. The Morgan fingerprint density at radius 2 is 1.70 bits per heavy atom. The predicted molar refractivity (Wildman–Crippen MR) is 90.4 cm³/mol. The summed E-state index contributed by atoms with van der Waals surface area (Å²) in [6.45, 7) is 9.33. The van der Waals surface area contributed by atoms with E-state index in [0.29, 0.717) is 31.7 Å². The molecule has 2 heterocycles. The Morgan fingerprint density at radius 3 is 2.26 bits per heavy atom. The molecule has 126 valence electrons. The van der Waals surface area contributed by atoms with Crippen molar-refractivity contribution < 1.29 is 14.3 Å². The number of carbonyl (C=O) groups is 2. The van der Waals surface area contributed by atoms with Crippen molar-refractivity contribution in [1.29, 1.82) is 0 Å². The van der Waals surface area contributed by atoms with Gasteiger partial charge in [-0.05, 0) is 49.2 Å². The van der Waals surface area contributed by atoms with Gasteiger partial charge in [0.15, 0.2) is 0 Å². The van der Waals surface area contributed by atoms with Crippen LogP contribution >= 0.6 is 15.9 Å². The Labute approximate surface area is 144 Å². The summed E-state index contributed by atoms with van der Waals surface area (Å²) in [5.41, 5.74) is 0.952. The van der Waals surface area contributed by atoms with Gasteiger partial charge in [0.2, 0.25) is 0 Å². The average Bonchev–Trinajstić information content (AvgIpc) is 2.48. The van der Waals surface area contributed by atoms with Crippen molar-refractivity contribution in [2.24, 2.45) is 0 Å². The molecule has 0 aromatic carbocycles. The van der Waals surface area contributed by atoms with Gasteiger partial charge in [-0.2, -0.15) is 0 Å². The van der Waals surface area contributed by atoms with Crippen LogP contribution in [0.15, 0.2) is 16.9 Å². The summed E-state index contributed by atoms with van der Waals surface area (Å²) in [7, 11) is 0. The molecule has 2 amide bonds. The Hall–Kier alpha value is -1.63. The summed E-state index contributed by atoms with van der Waals surface area (Å²) in [5.74, 6) is -0.0554. The Kier molecular flexibility index (Phi) is 5.29. The van der Waals surface area contributed by atoms with Crippen LogP contribution in [0.25, 0.3) is 0 Å². The minimum atomic E-state index is -0.511. The molecule has 6 nitrogen and oxygen atoms in total. The SMILES string of the molecule is Cc1c(Br)cncc1C(=O)N1CCN(C(=O)OC(C)(C)C)CC1. The zero-order chi connectivity index (χ0) is 17.2. The molecule has 0 saturated carbocycles. The quantitative estimate of drug-likeness (QED) is 0.747. The van der Waals surface area contributed by atoms with Gasteiger partial charge in [-0.3, -0.25) is 9.78 Å². The second-order valence-electron chi connectivity index (χ2n) is 6.55. The van der Waals surface area contributed by atoms with Crippen molar-refractivity contribution in [3.63, 3.8) is 0 Å². The van der Waals surface area contributed by atoms with E-state index in [4.69, 9.17) is 4.74 Å². The number of hydrogen-bond acceptors (Lipinski definition) is 4. The Balaban J connectivity index is 1.98. The number of aromatic nitrogens is 1. The highest BCUT2D eigenvalue weighted by Crippen LogP contribution is 2.20. The second kappa shape index (κ2) is 6.86. The molecule has 23 heavy (non-hydrogen) atoms. The standard InChI is InChI=1S/C16H22BrN3O3/c1-11-12(9-18-10-13(11)17)14(21)19-5-7-20(8-6-19)15(22)23-16(2,3)4/h9-10H,5-8H2,1-4H3. The van der Waals surface area contributed by atoms with Crippen LogP contribution < -0.4 is 0 Å². The van der Waals surface area contributed by atoms with Gasteiger partial charge in [0.25, 0.3) is 5.91 Å². The minimum Gasteiger partial charge on any atom is -0.444 e. The number of pyridine rings is 1. The van der Waals surface area contributed by atoms with Gasteiger partial charge in [0.1, 0.15) is 5.60 Å². The maximum absolute atomic E-state index is 12.6. The van der Waals surface area contributed by atoms with Crippen molar-refractivity contribution in [2.75, 3.05) is 26.2 Å². The molecule has 1 aromatic rings. The highest BCUT2D eigenvalue weighted by atomic mass is 79.9. The van der Waals surface area contributed by atoms with Crippen LogP contribution in [-0.2, 0) is 4.74 Å². The van der Waals surface area contributed by atoms with E-state index in [0.717, 1.165) is 10.0 Å². The third kappa shape index (κ3) is 4.43. The van der Waals surface area contributed by atoms with Crippen molar-refractivity contribution >= 4 is 27.9 Å². The molecule has 2 rings (SSSR count). The van der Waals surface area contributed by atoms with Crippen LogP contribution in [-0.4, -0.2) is 58.6 Å². The monoisotopic (exact) mass is 383 g/mol. The van der Waals surface area contributed by atoms with Crippen LogP contribution in [0.4, 0.5) is 4.79 Å². The van der Waals surface area contributed by atoms with Gasteiger partial charge >= 0.3 is 6.09 Å². The van der Waals surface area contributed by atoms with Gasteiger partial charge in [-0.1, -0.05) is 0 Å². The van der Waals surface area contributed by atoms with E-state index in [1.165, 1.54) is 0 Å². The molecule has 0 radical (unpaired) electrons. The van der Waals surface area contributed by atoms with Crippen molar-refractivity contribution in [3.8, 4) is 0 Å². The molecule has 7 heteroatoms. The summed E-state index contributed by atoms with van der Waals surface area (Å²) in [6, 6.07) is 0. The first-order chi connectivity index (χ1) is 10.7. The van der Waals surface area contributed by atoms with Crippen molar-refractivity contribution in [1.82, 2.24) is 14.8 Å². The maximum atomic E-state index is 12.6. The second-order valence-corrected chi connectivity index (χ2v) is 7.41. The fourth-order valence-corrected chi connectivity index (χ4v) is 2.64. The van der Waals surface area contributed by atoms with E-state index in [-0.39, 0.29) is 12.0 Å². The van der Waals surface area contributed by atoms with Crippen molar-refractivity contribution in [2.45, 2.75) is 33.3 Å². The summed E-state index contributed by atoms with van der Waals surface area (Å²) < 4.78 is 6.18. The molecule has 0 unspecified atom stereocenters. The van der Waals surface area contributed by atoms with Crippen LogP contribution in [0.5, 0.6) is 0 Å². The zero-order valence-electron chi connectivity index (χ0n) is 13.9. The van der Waals surface area contributed by atoms with Crippen LogP contribution in [0.2, 0.25) is 0 Å².